The van der Waals surface area contributed by atoms with Crippen LogP contribution >= 0.6 is 11.3 Å². The van der Waals surface area contributed by atoms with E-state index in [1.165, 1.54) is 11.3 Å². The van der Waals surface area contributed by atoms with E-state index in [1.807, 2.05) is 91.8 Å². The third-order valence-corrected chi connectivity index (χ3v) is 5.95. The first-order valence-corrected chi connectivity index (χ1v) is 10.6. The van der Waals surface area contributed by atoms with Crippen molar-refractivity contribution in [2.24, 2.45) is 4.99 Å². The van der Waals surface area contributed by atoms with Crippen LogP contribution in [0, 0.1) is 0 Å². The Labute approximate surface area is 183 Å². The van der Waals surface area contributed by atoms with E-state index < -0.39 is 0 Å². The molecule has 0 fully saturated rings. The number of amidine groups is 1. The van der Waals surface area contributed by atoms with Gasteiger partial charge in [0, 0.05) is 31.5 Å². The van der Waals surface area contributed by atoms with Crippen LogP contribution in [0.15, 0.2) is 83.6 Å². The lowest BCUT2D eigenvalue weighted by Gasteiger charge is -2.14. The number of fused-ring (bicyclic) bond motifs is 1. The van der Waals surface area contributed by atoms with Crippen molar-refractivity contribution in [3.8, 4) is 0 Å². The standard InChI is InChI=1S/C24H19N5OS/c1-28(2)18-12-10-16(11-13-18)15-19-23(30)29(22(26-19)17-7-4-3-5-8-17)24-27-21-20(31-24)9-6-14-25-21/h3-15H,1-2H3. The molecule has 0 spiro atoms. The van der Waals surface area contributed by atoms with Crippen LogP contribution < -0.4 is 9.80 Å². The summed E-state index contributed by atoms with van der Waals surface area (Å²) in [7, 11) is 3.99. The van der Waals surface area contributed by atoms with Gasteiger partial charge in [0.2, 0.25) is 5.13 Å². The Morgan fingerprint density at radius 2 is 1.74 bits per heavy atom. The number of pyridine rings is 1. The molecule has 1 amide bonds. The average Bonchev–Trinajstić information content (AvgIpc) is 3.35. The molecule has 4 aromatic rings. The Morgan fingerprint density at radius 3 is 2.45 bits per heavy atom. The van der Waals surface area contributed by atoms with Crippen molar-refractivity contribution in [1.29, 1.82) is 0 Å². The number of rotatable bonds is 4. The average molecular weight is 426 g/mol. The third-order valence-electron chi connectivity index (χ3n) is 4.95. The minimum atomic E-state index is -0.199. The van der Waals surface area contributed by atoms with Crippen molar-refractivity contribution in [2.45, 2.75) is 0 Å². The molecule has 0 radical (unpaired) electrons. The van der Waals surface area contributed by atoms with E-state index in [0.29, 0.717) is 22.3 Å². The van der Waals surface area contributed by atoms with Crippen molar-refractivity contribution in [3.63, 3.8) is 0 Å². The number of anilines is 2. The molecule has 31 heavy (non-hydrogen) atoms. The fourth-order valence-electron chi connectivity index (χ4n) is 3.35. The van der Waals surface area contributed by atoms with Gasteiger partial charge in [-0.3, -0.25) is 4.79 Å². The first kappa shape index (κ1) is 19.1. The maximum Gasteiger partial charge on any atom is 0.284 e. The predicted octanol–water partition coefficient (Wildman–Crippen LogP) is 4.59. The number of benzene rings is 2. The van der Waals surface area contributed by atoms with E-state index >= 15 is 0 Å². The summed E-state index contributed by atoms with van der Waals surface area (Å²) in [6.07, 6.45) is 3.52. The lowest BCUT2D eigenvalue weighted by atomic mass is 10.1. The molecule has 0 saturated heterocycles. The molecule has 0 N–H and O–H groups in total. The van der Waals surface area contributed by atoms with Gasteiger partial charge in [0.15, 0.2) is 5.65 Å². The van der Waals surface area contributed by atoms with Gasteiger partial charge in [0.05, 0.1) is 4.70 Å². The van der Waals surface area contributed by atoms with Crippen LogP contribution in [0.4, 0.5) is 10.8 Å². The van der Waals surface area contributed by atoms with Crippen LogP contribution in [0.5, 0.6) is 0 Å². The highest BCUT2D eigenvalue weighted by Crippen LogP contribution is 2.33. The maximum absolute atomic E-state index is 13.4. The Morgan fingerprint density at radius 1 is 0.968 bits per heavy atom. The number of hydrogen-bond acceptors (Lipinski definition) is 6. The zero-order valence-corrected chi connectivity index (χ0v) is 17.9. The fraction of sp³-hybridized carbons (Fsp3) is 0.0833. The summed E-state index contributed by atoms with van der Waals surface area (Å²) in [5.74, 6) is 0.371. The molecule has 0 saturated carbocycles. The Kier molecular flexibility index (Phi) is 4.80. The van der Waals surface area contributed by atoms with E-state index in [9.17, 15) is 4.79 Å². The summed E-state index contributed by atoms with van der Waals surface area (Å²) in [5.41, 5.74) is 3.87. The van der Waals surface area contributed by atoms with Crippen LogP contribution in [0.1, 0.15) is 11.1 Å². The summed E-state index contributed by atoms with van der Waals surface area (Å²) in [5, 5.41) is 0.563. The van der Waals surface area contributed by atoms with Crippen molar-refractivity contribution < 1.29 is 4.79 Å². The first-order valence-electron chi connectivity index (χ1n) is 9.79. The number of aliphatic imine (C=N–C) groups is 1. The van der Waals surface area contributed by atoms with E-state index in [2.05, 4.69) is 9.97 Å². The summed E-state index contributed by atoms with van der Waals surface area (Å²) in [6, 6.07) is 21.5. The van der Waals surface area contributed by atoms with Crippen LogP contribution in [0.3, 0.4) is 0 Å². The molecule has 3 heterocycles. The Hall–Kier alpha value is -3.84. The first-order chi connectivity index (χ1) is 15.1. The largest absolute Gasteiger partial charge is 0.378 e. The minimum Gasteiger partial charge on any atom is -0.378 e. The molecule has 152 valence electrons. The van der Waals surface area contributed by atoms with Gasteiger partial charge in [-0.15, -0.1) is 0 Å². The normalized spacial score (nSPS) is 15.0. The summed E-state index contributed by atoms with van der Waals surface area (Å²) < 4.78 is 0.925. The molecule has 2 aromatic carbocycles. The van der Waals surface area contributed by atoms with Gasteiger partial charge in [-0.25, -0.2) is 14.9 Å². The molecular formula is C24H19N5OS. The van der Waals surface area contributed by atoms with Gasteiger partial charge < -0.3 is 4.90 Å². The Balaban J connectivity index is 1.59. The van der Waals surface area contributed by atoms with E-state index in [4.69, 9.17) is 4.99 Å². The molecule has 1 aliphatic heterocycles. The van der Waals surface area contributed by atoms with Gasteiger partial charge in [0.1, 0.15) is 11.5 Å². The highest BCUT2D eigenvalue weighted by atomic mass is 32.1. The second-order valence-electron chi connectivity index (χ2n) is 7.28. The number of carbonyl (C=O) groups excluding carboxylic acids is 1. The van der Waals surface area contributed by atoms with Crippen molar-refractivity contribution in [2.75, 3.05) is 23.9 Å². The second-order valence-corrected chi connectivity index (χ2v) is 8.29. The lowest BCUT2D eigenvalue weighted by molar-refractivity contribution is -0.113. The smallest absolute Gasteiger partial charge is 0.284 e. The molecule has 0 bridgehead atoms. The fourth-order valence-corrected chi connectivity index (χ4v) is 4.28. The van der Waals surface area contributed by atoms with Crippen molar-refractivity contribution in [1.82, 2.24) is 9.97 Å². The molecular weight excluding hydrogens is 406 g/mol. The monoisotopic (exact) mass is 425 g/mol. The van der Waals surface area contributed by atoms with Gasteiger partial charge >= 0.3 is 0 Å². The SMILES string of the molecule is CN(C)c1ccc(C=C2N=C(c3ccccc3)N(c3nc4ncccc4s3)C2=O)cc1. The highest BCUT2D eigenvalue weighted by Gasteiger charge is 2.34. The zero-order valence-electron chi connectivity index (χ0n) is 17.1. The quantitative estimate of drug-likeness (QED) is 0.449. The molecule has 5 rings (SSSR count). The Bertz CT molecular complexity index is 1290. The number of thiazole rings is 1. The third kappa shape index (κ3) is 3.60. The van der Waals surface area contributed by atoms with E-state index in [1.54, 1.807) is 11.1 Å². The summed E-state index contributed by atoms with van der Waals surface area (Å²) in [4.78, 5) is 30.7. The van der Waals surface area contributed by atoms with E-state index in [-0.39, 0.29) is 5.91 Å². The van der Waals surface area contributed by atoms with Crippen LogP contribution in [0.25, 0.3) is 16.4 Å². The molecule has 6 nitrogen and oxygen atoms in total. The molecule has 2 aromatic heterocycles. The van der Waals surface area contributed by atoms with Gasteiger partial charge in [-0.2, -0.15) is 4.98 Å². The number of carbonyl (C=O) groups is 1. The summed E-state index contributed by atoms with van der Waals surface area (Å²) in [6.45, 7) is 0. The number of hydrogen-bond donors (Lipinski definition) is 0. The second kappa shape index (κ2) is 7.77. The topological polar surface area (TPSA) is 61.7 Å². The summed E-state index contributed by atoms with van der Waals surface area (Å²) >= 11 is 1.43. The molecule has 0 unspecified atom stereocenters. The molecule has 1 aliphatic rings. The number of amides is 1. The lowest BCUT2D eigenvalue weighted by Crippen LogP contribution is -2.32. The van der Waals surface area contributed by atoms with Crippen LogP contribution in [-0.4, -0.2) is 35.8 Å². The van der Waals surface area contributed by atoms with Crippen LogP contribution in [0.2, 0.25) is 0 Å². The van der Waals surface area contributed by atoms with Gasteiger partial charge in [0.25, 0.3) is 5.91 Å². The van der Waals surface area contributed by atoms with Crippen molar-refractivity contribution in [3.05, 3.63) is 89.8 Å². The van der Waals surface area contributed by atoms with Crippen LogP contribution in [-0.2, 0) is 4.79 Å². The zero-order chi connectivity index (χ0) is 21.4. The van der Waals surface area contributed by atoms with E-state index in [0.717, 1.165) is 21.5 Å². The molecule has 0 aliphatic carbocycles. The van der Waals surface area contributed by atoms with Gasteiger partial charge in [-0.1, -0.05) is 53.8 Å². The number of aromatic nitrogens is 2. The highest BCUT2D eigenvalue weighted by molar-refractivity contribution is 7.22. The molecule has 0 atom stereocenters. The molecule has 7 heteroatoms. The van der Waals surface area contributed by atoms with Gasteiger partial charge in [-0.05, 0) is 35.9 Å². The predicted molar refractivity (Wildman–Crippen MR) is 127 cm³/mol. The maximum atomic E-state index is 13.4. The minimum absolute atomic E-state index is 0.199. The number of nitrogens with zero attached hydrogens (tertiary/aromatic N) is 5. The van der Waals surface area contributed by atoms with Crippen molar-refractivity contribution >= 4 is 50.3 Å².